The van der Waals surface area contributed by atoms with E-state index < -0.39 is 35.7 Å². The lowest BCUT2D eigenvalue weighted by Gasteiger charge is -2.17. The summed E-state index contributed by atoms with van der Waals surface area (Å²) in [5.41, 5.74) is 0. The molecule has 2 atom stereocenters. The van der Waals surface area contributed by atoms with Crippen LogP contribution < -0.4 is 9.47 Å². The molecule has 0 aliphatic carbocycles. The molecule has 0 aliphatic rings. The quantitative estimate of drug-likeness (QED) is 0.0195. The van der Waals surface area contributed by atoms with E-state index in [-0.39, 0.29) is 24.3 Å². The van der Waals surface area contributed by atoms with Gasteiger partial charge < -0.3 is 19.7 Å². The van der Waals surface area contributed by atoms with E-state index in [1.54, 1.807) is 60.7 Å². The third-order valence-corrected chi connectivity index (χ3v) is 11.9. The molecular weight excluding hydrogens is 777 g/mol. The van der Waals surface area contributed by atoms with Crippen molar-refractivity contribution in [2.45, 2.75) is 194 Å². The monoisotopic (exact) mass is 855 g/mol. The molecule has 0 saturated carbocycles. The second kappa shape index (κ2) is 32.2. The van der Waals surface area contributed by atoms with E-state index in [4.69, 9.17) is 9.47 Å². The summed E-state index contributed by atoms with van der Waals surface area (Å²) in [4.78, 5) is 51.1. The Balaban J connectivity index is 1.52. The van der Waals surface area contributed by atoms with Gasteiger partial charge in [0.1, 0.15) is 11.5 Å². The van der Waals surface area contributed by atoms with E-state index in [2.05, 4.69) is 13.8 Å². The molecule has 3 rings (SSSR count). The fourth-order valence-electron chi connectivity index (χ4n) is 8.14. The number of allylic oxidation sites excluding steroid dienone is 2. The molecule has 0 aromatic heterocycles. The van der Waals surface area contributed by atoms with Crippen LogP contribution in [-0.2, 0) is 19.2 Å². The van der Waals surface area contributed by atoms with Gasteiger partial charge in [-0.2, -0.15) is 0 Å². The number of hydrogen-bond donors (Lipinski definition) is 2. The van der Waals surface area contributed by atoms with Crippen molar-refractivity contribution in [2.24, 2.45) is 11.8 Å². The molecule has 0 spiro atoms. The first-order chi connectivity index (χ1) is 30.3. The number of carbonyl (C=O) groups excluding carboxylic acids is 2. The normalized spacial score (nSPS) is 12.7. The Morgan fingerprint density at radius 1 is 0.435 bits per heavy atom. The number of unbranched alkanes of at least 4 members (excludes halogenated alkanes) is 24. The molecule has 0 radical (unpaired) electrons. The first-order valence-corrected chi connectivity index (χ1v) is 24.4. The number of fused-ring (bicyclic) bond motifs is 2. The van der Waals surface area contributed by atoms with Crippen LogP contribution in [-0.4, -0.2) is 34.1 Å². The number of carbonyl (C=O) groups is 4. The van der Waals surface area contributed by atoms with Crippen LogP contribution in [0.1, 0.15) is 194 Å². The molecule has 8 heteroatoms. The number of carboxylic acids is 2. The van der Waals surface area contributed by atoms with E-state index in [1.165, 1.54) is 128 Å². The van der Waals surface area contributed by atoms with Gasteiger partial charge in [0.2, 0.25) is 0 Å². The van der Waals surface area contributed by atoms with Gasteiger partial charge in [-0.1, -0.05) is 228 Å². The molecule has 8 nitrogen and oxygen atoms in total. The minimum absolute atomic E-state index is 0.245. The molecule has 0 saturated heterocycles. The van der Waals surface area contributed by atoms with Crippen LogP contribution in [0.25, 0.3) is 21.5 Å². The third-order valence-electron chi connectivity index (χ3n) is 11.9. The second-order valence-corrected chi connectivity index (χ2v) is 17.2. The number of rotatable bonds is 36. The van der Waals surface area contributed by atoms with Gasteiger partial charge in [0, 0.05) is 21.5 Å². The van der Waals surface area contributed by atoms with E-state index in [1.807, 2.05) is 12.2 Å². The Labute approximate surface area is 372 Å². The molecular formula is C54H78O8. The molecule has 3 aromatic carbocycles. The van der Waals surface area contributed by atoms with Crippen molar-refractivity contribution in [3.8, 4) is 11.5 Å². The van der Waals surface area contributed by atoms with Crippen molar-refractivity contribution >= 4 is 45.4 Å². The van der Waals surface area contributed by atoms with E-state index in [0.29, 0.717) is 21.5 Å². The second-order valence-electron chi connectivity index (χ2n) is 17.2. The van der Waals surface area contributed by atoms with Gasteiger partial charge in [0.25, 0.3) is 0 Å². The largest absolute Gasteiger partial charge is 0.481 e. The van der Waals surface area contributed by atoms with Gasteiger partial charge in [-0.15, -0.1) is 0 Å². The molecule has 3 aromatic rings. The zero-order valence-electron chi connectivity index (χ0n) is 38.2. The molecule has 0 amide bonds. The SMILES string of the molecule is CCCCCCCCCCCCCCC=CC(CC(=O)Oc1c2ccccc2c(OC(=O)CC(C=CCCCCCCCCCCCCCC)C(=O)O)c2ccccc12)C(=O)O. The summed E-state index contributed by atoms with van der Waals surface area (Å²) in [6.07, 6.45) is 37.9. The number of carboxylic acid groups (broad SMARTS) is 2. The highest BCUT2D eigenvalue weighted by molar-refractivity contribution is 6.12. The number of benzene rings is 3. The van der Waals surface area contributed by atoms with E-state index in [0.717, 1.165) is 38.5 Å². The third kappa shape index (κ3) is 20.6. The Bertz CT molecular complexity index is 1620. The lowest BCUT2D eigenvalue weighted by atomic mass is 10.00. The van der Waals surface area contributed by atoms with Crippen molar-refractivity contribution in [1.29, 1.82) is 0 Å². The van der Waals surface area contributed by atoms with E-state index in [9.17, 15) is 29.4 Å². The molecule has 0 heterocycles. The van der Waals surface area contributed by atoms with Gasteiger partial charge in [-0.25, -0.2) is 0 Å². The zero-order valence-corrected chi connectivity index (χ0v) is 38.2. The van der Waals surface area contributed by atoms with E-state index >= 15 is 0 Å². The highest BCUT2D eigenvalue weighted by Gasteiger charge is 2.25. The van der Waals surface area contributed by atoms with Crippen molar-refractivity contribution in [2.75, 3.05) is 0 Å². The number of aliphatic carboxylic acids is 2. The summed E-state index contributed by atoms with van der Waals surface area (Å²) in [5.74, 6) is -5.13. The highest BCUT2D eigenvalue weighted by Crippen LogP contribution is 2.43. The first-order valence-electron chi connectivity index (χ1n) is 24.4. The average Bonchev–Trinajstić information content (AvgIpc) is 3.26. The lowest BCUT2D eigenvalue weighted by molar-refractivity contribution is -0.145. The summed E-state index contributed by atoms with van der Waals surface area (Å²) in [6.45, 7) is 4.49. The number of ether oxygens (including phenoxy) is 2. The summed E-state index contributed by atoms with van der Waals surface area (Å²) >= 11 is 0. The van der Waals surface area contributed by atoms with Crippen LogP contribution in [0.4, 0.5) is 0 Å². The fourth-order valence-corrected chi connectivity index (χ4v) is 8.14. The van der Waals surface area contributed by atoms with Gasteiger partial charge in [0.05, 0.1) is 24.7 Å². The summed E-state index contributed by atoms with van der Waals surface area (Å²) in [6, 6.07) is 14.1. The maximum Gasteiger partial charge on any atom is 0.312 e. The minimum Gasteiger partial charge on any atom is -0.481 e. The highest BCUT2D eigenvalue weighted by atomic mass is 16.5. The molecule has 342 valence electrons. The maximum atomic E-state index is 13.4. The Kier molecular flexibility index (Phi) is 27.0. The smallest absolute Gasteiger partial charge is 0.312 e. The summed E-state index contributed by atoms with van der Waals surface area (Å²) < 4.78 is 11.9. The van der Waals surface area contributed by atoms with Crippen molar-refractivity contribution < 1.29 is 38.9 Å². The van der Waals surface area contributed by atoms with Gasteiger partial charge in [-0.3, -0.25) is 19.2 Å². The summed E-state index contributed by atoms with van der Waals surface area (Å²) in [5, 5.41) is 21.9. The lowest BCUT2D eigenvalue weighted by Crippen LogP contribution is -2.20. The van der Waals surface area contributed by atoms with Gasteiger partial charge in [0.15, 0.2) is 0 Å². The zero-order chi connectivity index (χ0) is 44.6. The minimum atomic E-state index is -1.09. The predicted octanol–water partition coefficient (Wildman–Crippen LogP) is 15.3. The fraction of sp³-hybridized carbons (Fsp3) is 0.593. The molecule has 2 unspecified atom stereocenters. The maximum absolute atomic E-state index is 13.4. The molecule has 62 heavy (non-hydrogen) atoms. The first kappa shape index (κ1) is 51.9. The predicted molar refractivity (Wildman–Crippen MR) is 254 cm³/mol. The van der Waals surface area contributed by atoms with Crippen LogP contribution in [0.15, 0.2) is 72.8 Å². The number of esters is 2. The van der Waals surface area contributed by atoms with Gasteiger partial charge >= 0.3 is 23.9 Å². The van der Waals surface area contributed by atoms with Crippen LogP contribution in [0.2, 0.25) is 0 Å². The van der Waals surface area contributed by atoms with Crippen molar-refractivity contribution in [3.63, 3.8) is 0 Å². The van der Waals surface area contributed by atoms with Crippen LogP contribution >= 0.6 is 0 Å². The Hall–Kier alpha value is -4.46. The molecule has 0 aliphatic heterocycles. The van der Waals surface area contributed by atoms with Crippen molar-refractivity contribution in [1.82, 2.24) is 0 Å². The molecule has 0 bridgehead atoms. The van der Waals surface area contributed by atoms with Crippen molar-refractivity contribution in [3.05, 3.63) is 72.8 Å². The topological polar surface area (TPSA) is 127 Å². The van der Waals surface area contributed by atoms with Crippen LogP contribution in [0, 0.1) is 11.8 Å². The molecule has 2 N–H and O–H groups in total. The number of hydrogen-bond acceptors (Lipinski definition) is 6. The Morgan fingerprint density at radius 3 is 0.952 bits per heavy atom. The van der Waals surface area contributed by atoms with Crippen LogP contribution in [0.3, 0.4) is 0 Å². The standard InChI is InChI=1S/C54H78O8/c1-3-5-7-9-11-13-15-17-19-21-23-25-27-29-35-43(53(57)58)41-49(55)61-51-45-37-31-33-39-47(45)52(48-40-34-32-38-46(48)51)62-50(56)42-44(54(59)60)36-30-28-26-24-22-20-18-16-14-12-10-8-6-4-2/h29-40,43-44H,3-28,41-42H2,1-2H3,(H,57,58)(H,59,60). The van der Waals surface area contributed by atoms with Gasteiger partial charge in [-0.05, 0) is 25.7 Å². The summed E-state index contributed by atoms with van der Waals surface area (Å²) in [7, 11) is 0. The molecule has 0 fully saturated rings. The Morgan fingerprint density at radius 2 is 0.694 bits per heavy atom. The van der Waals surface area contributed by atoms with Crippen LogP contribution in [0.5, 0.6) is 11.5 Å². The average molecular weight is 855 g/mol.